The van der Waals surface area contributed by atoms with Gasteiger partial charge < -0.3 is 15.3 Å². The first-order chi connectivity index (χ1) is 20.4. The lowest BCUT2D eigenvalue weighted by Crippen LogP contribution is -2.44. The summed E-state index contributed by atoms with van der Waals surface area (Å²) in [5.74, 6) is -0.562. The van der Waals surface area contributed by atoms with Crippen LogP contribution >= 0.6 is 0 Å². The molecule has 4 heterocycles. The Morgan fingerprint density at radius 3 is 2.76 bits per heavy atom. The van der Waals surface area contributed by atoms with E-state index in [4.69, 9.17) is 4.98 Å². The minimum atomic E-state index is -0.853. The Kier molecular flexibility index (Phi) is 6.36. The highest BCUT2D eigenvalue weighted by atomic mass is 19.1. The molecular formula is C30H29F2N9O. The van der Waals surface area contributed by atoms with Crippen LogP contribution in [0.15, 0.2) is 42.7 Å². The molecule has 3 aromatic heterocycles. The zero-order chi connectivity index (χ0) is 29.0. The molecule has 0 spiro atoms. The van der Waals surface area contributed by atoms with Crippen LogP contribution in [0.1, 0.15) is 37.7 Å². The number of likely N-dealkylation sites (N-methyl/N-ethyl adjacent to an activating group) is 1. The van der Waals surface area contributed by atoms with Crippen molar-refractivity contribution in [2.45, 2.75) is 50.3 Å². The molecule has 10 nitrogen and oxygen atoms in total. The summed E-state index contributed by atoms with van der Waals surface area (Å²) in [4.78, 5) is 11.8. The number of halogens is 2. The molecular weight excluding hydrogens is 540 g/mol. The molecule has 2 N–H and O–H groups in total. The third kappa shape index (κ3) is 4.36. The number of nitrogens with zero attached hydrogens (tertiary/aromatic N) is 8. The van der Waals surface area contributed by atoms with Gasteiger partial charge in [0.2, 0.25) is 0 Å². The van der Waals surface area contributed by atoms with Gasteiger partial charge in [0, 0.05) is 48.7 Å². The van der Waals surface area contributed by atoms with Gasteiger partial charge in [-0.15, -0.1) is 5.10 Å². The molecule has 5 aromatic rings. The second-order valence-corrected chi connectivity index (χ2v) is 11.3. The van der Waals surface area contributed by atoms with Crippen molar-refractivity contribution in [1.29, 1.82) is 5.26 Å². The molecule has 1 aliphatic carbocycles. The van der Waals surface area contributed by atoms with Crippen molar-refractivity contribution in [3.05, 3.63) is 59.9 Å². The fourth-order valence-electron chi connectivity index (χ4n) is 6.11. The van der Waals surface area contributed by atoms with Gasteiger partial charge >= 0.3 is 0 Å². The van der Waals surface area contributed by atoms with E-state index in [1.807, 2.05) is 13.1 Å². The maximum Gasteiger partial charge on any atom is 0.181 e. The Balaban J connectivity index is 1.42. The van der Waals surface area contributed by atoms with E-state index >= 15 is 4.39 Å². The molecule has 1 saturated carbocycles. The second kappa shape index (κ2) is 10.1. The molecule has 0 unspecified atom stereocenters. The van der Waals surface area contributed by atoms with E-state index in [2.05, 4.69) is 25.5 Å². The number of hydrogen-bond acceptors (Lipinski definition) is 8. The van der Waals surface area contributed by atoms with E-state index in [1.165, 1.54) is 18.2 Å². The van der Waals surface area contributed by atoms with E-state index in [-0.39, 0.29) is 17.7 Å². The average molecular weight is 570 g/mol. The van der Waals surface area contributed by atoms with Gasteiger partial charge in [-0.3, -0.25) is 4.40 Å². The Hall–Kier alpha value is -4.47. The third-order valence-electron chi connectivity index (χ3n) is 8.60. The Bertz CT molecular complexity index is 1870. The second-order valence-electron chi connectivity index (χ2n) is 11.3. The highest BCUT2D eigenvalue weighted by Gasteiger charge is 2.36. The molecule has 2 fully saturated rings. The number of hydrogen-bond donors (Lipinski definition) is 2. The molecule has 1 aliphatic heterocycles. The van der Waals surface area contributed by atoms with Gasteiger partial charge in [0.05, 0.1) is 34.6 Å². The molecule has 7 rings (SSSR count). The zero-order valence-corrected chi connectivity index (χ0v) is 23.1. The molecule has 42 heavy (non-hydrogen) atoms. The van der Waals surface area contributed by atoms with Crippen LogP contribution in [0.2, 0.25) is 0 Å². The minimum Gasteiger partial charge on any atom is -0.388 e. The number of nitriles is 1. The molecule has 1 atom stereocenters. The number of benzene rings is 2. The topological polar surface area (TPSA) is 120 Å². The molecule has 214 valence electrons. The van der Waals surface area contributed by atoms with Gasteiger partial charge in [-0.25, -0.2) is 23.4 Å². The highest BCUT2D eigenvalue weighted by Crippen LogP contribution is 2.39. The molecule has 0 bridgehead atoms. The van der Waals surface area contributed by atoms with E-state index in [9.17, 15) is 14.8 Å². The van der Waals surface area contributed by atoms with Crippen molar-refractivity contribution in [2.24, 2.45) is 0 Å². The minimum absolute atomic E-state index is 0.0878. The van der Waals surface area contributed by atoms with Crippen molar-refractivity contribution in [2.75, 3.05) is 25.0 Å². The van der Waals surface area contributed by atoms with Crippen LogP contribution < -0.4 is 10.2 Å². The van der Waals surface area contributed by atoms with Crippen LogP contribution in [0.5, 0.6) is 0 Å². The maximum absolute atomic E-state index is 16.1. The van der Waals surface area contributed by atoms with Crippen molar-refractivity contribution in [3.8, 4) is 28.6 Å². The van der Waals surface area contributed by atoms with E-state index in [0.717, 1.165) is 32.4 Å². The first kappa shape index (κ1) is 26.4. The molecule has 2 aromatic carbocycles. The molecule has 0 radical (unpaired) electrons. The smallest absolute Gasteiger partial charge is 0.181 e. The third-order valence-corrected chi connectivity index (χ3v) is 8.60. The number of imidazole rings is 1. The lowest BCUT2D eigenvalue weighted by Gasteiger charge is -2.36. The van der Waals surface area contributed by atoms with Crippen LogP contribution in [0.3, 0.4) is 0 Å². The number of aliphatic hydroxyl groups is 1. The SMILES string of the molecule is CN[C@@H]1CCCN(c2nccn3c(-c4cc5nnn(CC6(O)CCC6)c5cc4F)c(-c4ccc(C#N)c(F)c4)nc23)C1. The summed E-state index contributed by atoms with van der Waals surface area (Å²) in [5, 5.41) is 31.8. The number of nitrogens with one attached hydrogen (secondary N) is 1. The summed E-state index contributed by atoms with van der Waals surface area (Å²) in [5.41, 5.74) is 1.89. The normalized spacial score (nSPS) is 18.4. The van der Waals surface area contributed by atoms with Crippen molar-refractivity contribution in [3.63, 3.8) is 0 Å². The summed E-state index contributed by atoms with van der Waals surface area (Å²) in [7, 11) is 1.94. The van der Waals surface area contributed by atoms with Gasteiger partial charge in [0.15, 0.2) is 11.5 Å². The maximum atomic E-state index is 16.1. The largest absolute Gasteiger partial charge is 0.388 e. The molecule has 2 aliphatic rings. The molecule has 1 saturated heterocycles. The highest BCUT2D eigenvalue weighted by molar-refractivity contribution is 5.89. The van der Waals surface area contributed by atoms with Crippen LogP contribution in [0.4, 0.5) is 14.6 Å². The number of anilines is 1. The van der Waals surface area contributed by atoms with Crippen LogP contribution in [0.25, 0.3) is 39.2 Å². The number of fused-ring (bicyclic) bond motifs is 2. The standard InChI is InChI=1S/C30H29F2N9O/c1-34-20-4-2-10-39(16-20)28-29-36-26(18-5-6-19(15-33)22(31)12-18)27(40(29)11-9-35-28)21-13-24-25(14-23(21)32)41(38-37-24)17-30(42)7-3-8-30/h5-6,9,11-14,20,34,42H,2-4,7-8,10,16-17H2,1H3/t20-/m1/s1. The predicted molar refractivity (Wildman–Crippen MR) is 153 cm³/mol. The van der Waals surface area contributed by atoms with Gasteiger partial charge in [0.1, 0.15) is 23.2 Å². The Morgan fingerprint density at radius 2 is 2.02 bits per heavy atom. The van der Waals surface area contributed by atoms with Crippen LogP contribution in [0, 0.1) is 23.0 Å². The van der Waals surface area contributed by atoms with E-state index in [1.54, 1.807) is 33.6 Å². The van der Waals surface area contributed by atoms with Gasteiger partial charge in [0.25, 0.3) is 0 Å². The van der Waals surface area contributed by atoms with Gasteiger partial charge in [-0.05, 0) is 57.4 Å². The van der Waals surface area contributed by atoms with Crippen molar-refractivity contribution >= 4 is 22.5 Å². The summed E-state index contributed by atoms with van der Waals surface area (Å²) < 4.78 is 34.3. The summed E-state index contributed by atoms with van der Waals surface area (Å²) >= 11 is 0. The quantitative estimate of drug-likeness (QED) is 0.314. The zero-order valence-electron chi connectivity index (χ0n) is 23.1. The summed E-state index contributed by atoms with van der Waals surface area (Å²) in [6.07, 6.45) is 7.69. The Morgan fingerprint density at radius 1 is 1.17 bits per heavy atom. The van der Waals surface area contributed by atoms with E-state index in [0.29, 0.717) is 58.3 Å². The lowest BCUT2D eigenvalue weighted by molar-refractivity contribution is -0.0492. The summed E-state index contributed by atoms with van der Waals surface area (Å²) in [6, 6.07) is 9.39. The van der Waals surface area contributed by atoms with Crippen molar-refractivity contribution in [1.82, 2.24) is 34.7 Å². The summed E-state index contributed by atoms with van der Waals surface area (Å²) in [6.45, 7) is 1.78. The number of piperidine rings is 1. The fourth-order valence-corrected chi connectivity index (χ4v) is 6.11. The van der Waals surface area contributed by atoms with Gasteiger partial charge in [-0.1, -0.05) is 11.3 Å². The molecule has 0 amide bonds. The Labute approximate surface area is 240 Å². The fraction of sp³-hybridized carbons (Fsp3) is 0.367. The monoisotopic (exact) mass is 569 g/mol. The van der Waals surface area contributed by atoms with Crippen LogP contribution in [-0.2, 0) is 6.54 Å². The predicted octanol–water partition coefficient (Wildman–Crippen LogP) is 4.06. The van der Waals surface area contributed by atoms with Gasteiger partial charge in [-0.2, -0.15) is 5.26 Å². The van der Waals surface area contributed by atoms with Crippen LogP contribution in [-0.4, -0.2) is 66.2 Å². The average Bonchev–Trinajstić information content (AvgIpc) is 3.56. The lowest BCUT2D eigenvalue weighted by atomic mass is 9.80. The van der Waals surface area contributed by atoms with Crippen molar-refractivity contribution < 1.29 is 13.9 Å². The first-order valence-electron chi connectivity index (χ1n) is 14.1. The number of aromatic nitrogens is 6. The molecule has 12 heteroatoms. The number of rotatable bonds is 6. The first-order valence-corrected chi connectivity index (χ1v) is 14.1. The van der Waals surface area contributed by atoms with E-state index < -0.39 is 17.2 Å².